The number of furan rings is 1. The minimum absolute atomic E-state index is 0.0111. The van der Waals surface area contributed by atoms with Crippen LogP contribution in [0.4, 0.5) is 4.79 Å². The molecule has 3 aromatic heterocycles. The number of carbonyl (C=O) groups excluding carboxylic acids is 1. The lowest BCUT2D eigenvalue weighted by Gasteiger charge is -2.21. The number of hydrogen-bond donors (Lipinski definition) is 2. The van der Waals surface area contributed by atoms with Crippen molar-refractivity contribution in [1.82, 2.24) is 9.55 Å². The fraction of sp³-hybridized carbons (Fsp3) is 0.250. The summed E-state index contributed by atoms with van der Waals surface area (Å²) < 4.78 is 11.6. The van der Waals surface area contributed by atoms with Gasteiger partial charge in [0.05, 0.1) is 29.3 Å². The van der Waals surface area contributed by atoms with Gasteiger partial charge in [-0.25, -0.2) is 4.79 Å². The van der Waals surface area contributed by atoms with E-state index in [0.29, 0.717) is 16.6 Å². The summed E-state index contributed by atoms with van der Waals surface area (Å²) in [7, 11) is -1.83. The SMILES string of the molecule is CC(C)(C)OC(=O)n1c(B(O)O)cc2c(-c3ccoc3)nccc21. The lowest BCUT2D eigenvalue weighted by Crippen LogP contribution is -2.40. The molecule has 7 nitrogen and oxygen atoms in total. The Labute approximate surface area is 138 Å². The van der Waals surface area contributed by atoms with Gasteiger partial charge in [0.25, 0.3) is 0 Å². The third-order valence-electron chi connectivity index (χ3n) is 3.39. The Balaban J connectivity index is 2.23. The van der Waals surface area contributed by atoms with Gasteiger partial charge in [0, 0.05) is 17.1 Å². The van der Waals surface area contributed by atoms with E-state index in [2.05, 4.69) is 4.98 Å². The quantitative estimate of drug-likeness (QED) is 0.696. The number of nitrogens with zero attached hydrogens (tertiary/aromatic N) is 2. The first-order valence-corrected chi connectivity index (χ1v) is 7.40. The van der Waals surface area contributed by atoms with E-state index in [0.717, 1.165) is 10.1 Å². The van der Waals surface area contributed by atoms with Crippen LogP contribution in [0.2, 0.25) is 0 Å². The summed E-state index contributed by atoms with van der Waals surface area (Å²) in [5.74, 6) is 0. The summed E-state index contributed by atoms with van der Waals surface area (Å²) in [6.07, 6.45) is 3.90. The van der Waals surface area contributed by atoms with Crippen LogP contribution in [-0.4, -0.2) is 38.4 Å². The normalized spacial score (nSPS) is 11.7. The van der Waals surface area contributed by atoms with E-state index in [9.17, 15) is 14.8 Å². The van der Waals surface area contributed by atoms with Gasteiger partial charge in [-0.3, -0.25) is 9.55 Å². The predicted molar refractivity (Wildman–Crippen MR) is 88.9 cm³/mol. The number of pyridine rings is 1. The number of fused-ring (bicyclic) bond motifs is 1. The van der Waals surface area contributed by atoms with Crippen molar-refractivity contribution in [3.63, 3.8) is 0 Å². The van der Waals surface area contributed by atoms with Crippen LogP contribution in [0.25, 0.3) is 22.2 Å². The van der Waals surface area contributed by atoms with Gasteiger partial charge in [0.1, 0.15) is 5.60 Å². The molecule has 0 aromatic carbocycles. The molecule has 8 heteroatoms. The fourth-order valence-electron chi connectivity index (χ4n) is 2.48. The molecule has 3 heterocycles. The van der Waals surface area contributed by atoms with E-state index in [1.54, 1.807) is 39.1 Å². The molecule has 124 valence electrons. The van der Waals surface area contributed by atoms with E-state index in [1.807, 2.05) is 0 Å². The Morgan fingerprint density at radius 3 is 2.67 bits per heavy atom. The average Bonchev–Trinajstić information content (AvgIpc) is 3.12. The first-order valence-electron chi connectivity index (χ1n) is 7.40. The Hall–Kier alpha value is -2.58. The molecule has 2 N–H and O–H groups in total. The van der Waals surface area contributed by atoms with E-state index in [4.69, 9.17) is 9.15 Å². The molecule has 0 saturated carbocycles. The van der Waals surface area contributed by atoms with Crippen LogP contribution < -0.4 is 5.59 Å². The van der Waals surface area contributed by atoms with Crippen molar-refractivity contribution < 1.29 is 24.0 Å². The smallest absolute Gasteiger partial charge is 0.472 e. The minimum atomic E-state index is -1.83. The monoisotopic (exact) mass is 328 g/mol. The van der Waals surface area contributed by atoms with Crippen LogP contribution in [0, 0.1) is 0 Å². The first kappa shape index (κ1) is 16.3. The van der Waals surface area contributed by atoms with Gasteiger partial charge in [0.15, 0.2) is 0 Å². The van der Waals surface area contributed by atoms with Gasteiger partial charge in [-0.2, -0.15) is 0 Å². The number of aromatic nitrogens is 2. The standard InChI is InChI=1S/C16H17BN2O5/c1-16(2,3)24-15(20)19-12-4-6-18-14(10-5-7-23-9-10)11(12)8-13(19)17(21)22/h4-9,21-22H,1-3H3. The summed E-state index contributed by atoms with van der Waals surface area (Å²) >= 11 is 0. The molecule has 0 fully saturated rings. The Morgan fingerprint density at radius 2 is 2.08 bits per heavy atom. The van der Waals surface area contributed by atoms with Crippen LogP contribution in [-0.2, 0) is 4.74 Å². The zero-order chi connectivity index (χ0) is 17.5. The van der Waals surface area contributed by atoms with Crippen molar-refractivity contribution in [2.75, 3.05) is 0 Å². The number of carbonyl (C=O) groups is 1. The molecule has 0 aliphatic rings. The van der Waals surface area contributed by atoms with Gasteiger partial charge in [-0.1, -0.05) is 0 Å². The van der Waals surface area contributed by atoms with Gasteiger partial charge in [-0.05, 0) is 39.0 Å². The topological polar surface area (TPSA) is 97.7 Å². The minimum Gasteiger partial charge on any atom is -0.472 e. The highest BCUT2D eigenvalue weighted by Crippen LogP contribution is 2.27. The van der Waals surface area contributed by atoms with Crippen molar-refractivity contribution in [2.45, 2.75) is 26.4 Å². The van der Waals surface area contributed by atoms with Gasteiger partial charge in [-0.15, -0.1) is 0 Å². The average molecular weight is 328 g/mol. The van der Waals surface area contributed by atoms with Gasteiger partial charge < -0.3 is 19.2 Å². The molecule has 0 aliphatic heterocycles. The summed E-state index contributed by atoms with van der Waals surface area (Å²) in [6, 6.07) is 4.87. The lowest BCUT2D eigenvalue weighted by molar-refractivity contribution is 0.0547. The van der Waals surface area contributed by atoms with Crippen molar-refractivity contribution in [1.29, 1.82) is 0 Å². The van der Waals surface area contributed by atoms with Crippen molar-refractivity contribution in [3.05, 3.63) is 36.9 Å². The number of hydrogen-bond acceptors (Lipinski definition) is 6. The molecule has 0 saturated heterocycles. The zero-order valence-electron chi connectivity index (χ0n) is 13.6. The third-order valence-corrected chi connectivity index (χ3v) is 3.39. The van der Waals surface area contributed by atoms with Crippen LogP contribution in [0.3, 0.4) is 0 Å². The van der Waals surface area contributed by atoms with Gasteiger partial charge >= 0.3 is 13.2 Å². The molecular weight excluding hydrogens is 311 g/mol. The number of rotatable bonds is 2. The zero-order valence-corrected chi connectivity index (χ0v) is 13.6. The molecule has 0 radical (unpaired) electrons. The summed E-state index contributed by atoms with van der Waals surface area (Å²) in [6.45, 7) is 5.22. The van der Waals surface area contributed by atoms with E-state index < -0.39 is 18.8 Å². The van der Waals surface area contributed by atoms with Gasteiger partial charge in [0.2, 0.25) is 0 Å². The third kappa shape index (κ3) is 2.93. The Morgan fingerprint density at radius 1 is 1.33 bits per heavy atom. The molecule has 24 heavy (non-hydrogen) atoms. The highest BCUT2D eigenvalue weighted by molar-refractivity contribution is 6.59. The highest BCUT2D eigenvalue weighted by Gasteiger charge is 2.28. The van der Waals surface area contributed by atoms with Crippen LogP contribution in [0.15, 0.2) is 41.3 Å². The molecular formula is C16H17BN2O5. The summed E-state index contributed by atoms with van der Waals surface area (Å²) in [5.41, 5.74) is 1.06. The van der Waals surface area contributed by atoms with Crippen LogP contribution >= 0.6 is 0 Å². The maximum atomic E-state index is 12.5. The largest absolute Gasteiger partial charge is 0.506 e. The Kier molecular flexibility index (Phi) is 3.94. The molecule has 0 amide bonds. The molecule has 0 spiro atoms. The van der Waals surface area contributed by atoms with E-state index >= 15 is 0 Å². The van der Waals surface area contributed by atoms with E-state index in [1.165, 1.54) is 18.6 Å². The molecule has 3 aromatic rings. The molecule has 0 bridgehead atoms. The molecule has 0 unspecified atom stereocenters. The van der Waals surface area contributed by atoms with E-state index in [-0.39, 0.29) is 5.59 Å². The van der Waals surface area contributed by atoms with Crippen LogP contribution in [0.1, 0.15) is 20.8 Å². The predicted octanol–water partition coefficient (Wildman–Crippen LogP) is 1.76. The van der Waals surface area contributed by atoms with Crippen molar-refractivity contribution in [2.24, 2.45) is 0 Å². The first-order chi connectivity index (χ1) is 11.3. The Bertz CT molecular complexity index is 878. The second kappa shape index (κ2) is 5.81. The van der Waals surface area contributed by atoms with Crippen molar-refractivity contribution in [3.8, 4) is 11.3 Å². The maximum Gasteiger partial charge on any atom is 0.506 e. The van der Waals surface area contributed by atoms with Crippen molar-refractivity contribution >= 4 is 29.7 Å². The maximum absolute atomic E-state index is 12.5. The second-order valence-corrected chi connectivity index (χ2v) is 6.36. The number of ether oxygens (including phenoxy) is 1. The lowest BCUT2D eigenvalue weighted by atomic mass is 9.86. The highest BCUT2D eigenvalue weighted by atomic mass is 16.6. The second-order valence-electron chi connectivity index (χ2n) is 6.36. The molecule has 0 atom stereocenters. The molecule has 3 rings (SSSR count). The fourth-order valence-corrected chi connectivity index (χ4v) is 2.48. The summed E-state index contributed by atoms with van der Waals surface area (Å²) in [4.78, 5) is 16.8. The molecule has 0 aliphatic carbocycles. The van der Waals surface area contributed by atoms with Crippen LogP contribution in [0.5, 0.6) is 0 Å². The summed E-state index contributed by atoms with van der Waals surface area (Å²) in [5, 5.41) is 19.9.